The van der Waals surface area contributed by atoms with Gasteiger partial charge >= 0.3 is 0 Å². The molecule has 0 aliphatic heterocycles. The van der Waals surface area contributed by atoms with Crippen molar-refractivity contribution in [1.29, 1.82) is 5.26 Å². The minimum Gasteiger partial charge on any atom is -0.370 e. The van der Waals surface area contributed by atoms with Gasteiger partial charge in [0.2, 0.25) is 11.9 Å². The Hall–Kier alpha value is -3.51. The van der Waals surface area contributed by atoms with Gasteiger partial charge in [-0.05, 0) is 42.7 Å². The molecule has 1 aliphatic carbocycles. The van der Waals surface area contributed by atoms with Crippen molar-refractivity contribution in [3.63, 3.8) is 0 Å². The molecule has 0 saturated heterocycles. The fraction of sp³-hybridized carbons (Fsp3) is 0.318. The van der Waals surface area contributed by atoms with Crippen molar-refractivity contribution >= 4 is 45.9 Å². The number of carbonyl (C=O) groups is 3. The lowest BCUT2D eigenvalue weighted by atomic mass is 9.94. The lowest BCUT2D eigenvalue weighted by Crippen LogP contribution is -2.18. The molecule has 2 aromatic heterocycles. The van der Waals surface area contributed by atoms with Gasteiger partial charge in [0, 0.05) is 24.8 Å². The predicted octanol–water partition coefficient (Wildman–Crippen LogP) is 3.18. The van der Waals surface area contributed by atoms with Crippen molar-refractivity contribution in [2.24, 2.45) is 11.7 Å². The largest absolute Gasteiger partial charge is 0.370 e. The molecule has 31 heavy (non-hydrogen) atoms. The summed E-state index contributed by atoms with van der Waals surface area (Å²) in [7, 11) is 0. The van der Waals surface area contributed by atoms with E-state index in [1.54, 1.807) is 16.7 Å². The number of Topliss-reactive ketones (excluding diaryl/α,β-unsaturated/α-hetero) is 1. The fourth-order valence-electron chi connectivity index (χ4n) is 3.53. The first-order chi connectivity index (χ1) is 14.9. The summed E-state index contributed by atoms with van der Waals surface area (Å²) in [6, 6.07) is 10.8. The first-order valence-corrected chi connectivity index (χ1v) is 10.8. The van der Waals surface area contributed by atoms with Gasteiger partial charge in [0.05, 0.1) is 15.9 Å². The Labute approximate surface area is 182 Å². The van der Waals surface area contributed by atoms with Gasteiger partial charge in [-0.3, -0.25) is 19.7 Å². The van der Waals surface area contributed by atoms with E-state index >= 15 is 0 Å². The van der Waals surface area contributed by atoms with Crippen LogP contribution in [0.3, 0.4) is 0 Å². The molecule has 2 heterocycles. The van der Waals surface area contributed by atoms with Crippen LogP contribution in [0.5, 0.6) is 0 Å². The number of nitrogens with zero attached hydrogens (tertiary/aromatic N) is 3. The summed E-state index contributed by atoms with van der Waals surface area (Å²) in [6.07, 6.45) is 2.00. The molecule has 2 amide bonds. The van der Waals surface area contributed by atoms with Crippen LogP contribution in [0.25, 0.3) is 11.0 Å². The Bertz CT molecular complexity index is 1230. The molecule has 8 nitrogen and oxygen atoms in total. The van der Waals surface area contributed by atoms with Gasteiger partial charge in [-0.2, -0.15) is 5.26 Å². The van der Waals surface area contributed by atoms with Crippen LogP contribution >= 0.6 is 11.3 Å². The third-order valence-corrected chi connectivity index (χ3v) is 6.41. The molecule has 1 aromatic carbocycles. The number of aromatic nitrogens is 2. The summed E-state index contributed by atoms with van der Waals surface area (Å²) in [6.45, 7) is 2.16. The summed E-state index contributed by atoms with van der Waals surface area (Å²) in [4.78, 5) is 41.8. The first kappa shape index (κ1) is 20.8. The van der Waals surface area contributed by atoms with E-state index in [1.165, 1.54) is 0 Å². The number of fused-ring (bicyclic) bond motifs is 1. The Morgan fingerprint density at radius 2 is 2.10 bits per heavy atom. The number of primary amides is 1. The van der Waals surface area contributed by atoms with Crippen LogP contribution in [-0.4, -0.2) is 27.1 Å². The second-order valence-corrected chi connectivity index (χ2v) is 8.76. The molecular formula is C22H21N5O3S. The van der Waals surface area contributed by atoms with Crippen LogP contribution in [0.2, 0.25) is 0 Å². The Morgan fingerprint density at radius 3 is 2.74 bits per heavy atom. The molecule has 1 fully saturated rings. The highest BCUT2D eigenvalue weighted by Crippen LogP contribution is 2.36. The van der Waals surface area contributed by atoms with Gasteiger partial charge in [-0.25, -0.2) is 4.98 Å². The lowest BCUT2D eigenvalue weighted by Gasteiger charge is -2.11. The molecule has 9 heteroatoms. The molecule has 158 valence electrons. The van der Waals surface area contributed by atoms with Gasteiger partial charge in [0.15, 0.2) is 0 Å². The van der Waals surface area contributed by atoms with Crippen LogP contribution in [-0.2, 0) is 16.1 Å². The number of anilines is 1. The van der Waals surface area contributed by atoms with E-state index in [9.17, 15) is 14.4 Å². The topological polar surface area (TPSA) is 131 Å². The number of imidazole rings is 1. The standard InChI is InChI=1S/C22H21N5O3S/c1-12(20(29)13-2-3-13)14-4-6-17-16(10-14)25-22(27(17)9-8-19(24)28)26-21(30)18-7-5-15(11-23)31-18/h4-7,10,12-13H,2-3,8-9H2,1H3,(H2,24,28)(H,25,26,30). The number of nitriles is 1. The molecule has 3 N–H and O–H groups in total. The molecule has 0 bridgehead atoms. The number of thiophene rings is 1. The number of nitrogens with two attached hydrogens (primary N) is 1. The average Bonchev–Trinajstić information content (AvgIpc) is 3.39. The zero-order valence-electron chi connectivity index (χ0n) is 16.9. The molecule has 1 saturated carbocycles. The van der Waals surface area contributed by atoms with Crippen molar-refractivity contribution < 1.29 is 14.4 Å². The van der Waals surface area contributed by atoms with Gasteiger partial charge in [-0.15, -0.1) is 11.3 Å². The highest BCUT2D eigenvalue weighted by Gasteiger charge is 2.33. The SMILES string of the molecule is CC(C(=O)C1CC1)c1ccc2c(c1)nc(NC(=O)c1ccc(C#N)s1)n2CCC(N)=O. The van der Waals surface area contributed by atoms with E-state index < -0.39 is 5.91 Å². The Balaban J connectivity index is 1.67. The highest BCUT2D eigenvalue weighted by molar-refractivity contribution is 7.14. The number of hydrogen-bond acceptors (Lipinski definition) is 6. The lowest BCUT2D eigenvalue weighted by molar-refractivity contribution is -0.121. The zero-order chi connectivity index (χ0) is 22.1. The molecule has 1 unspecified atom stereocenters. The minimum atomic E-state index is -0.462. The minimum absolute atomic E-state index is 0.0875. The Morgan fingerprint density at radius 1 is 1.32 bits per heavy atom. The molecular weight excluding hydrogens is 414 g/mol. The van der Waals surface area contributed by atoms with Crippen LogP contribution < -0.4 is 11.1 Å². The van der Waals surface area contributed by atoms with Crippen LogP contribution in [0.4, 0.5) is 5.95 Å². The van der Waals surface area contributed by atoms with E-state index in [0.29, 0.717) is 15.3 Å². The predicted molar refractivity (Wildman–Crippen MR) is 117 cm³/mol. The molecule has 3 aromatic rings. The van der Waals surface area contributed by atoms with Crippen LogP contribution in [0.15, 0.2) is 30.3 Å². The van der Waals surface area contributed by atoms with Gasteiger partial charge in [0.1, 0.15) is 16.7 Å². The van der Waals surface area contributed by atoms with E-state index in [0.717, 1.165) is 35.3 Å². The molecule has 1 aliphatic rings. The maximum Gasteiger partial charge on any atom is 0.268 e. The fourth-order valence-corrected chi connectivity index (χ4v) is 4.23. The van der Waals surface area contributed by atoms with Crippen LogP contribution in [0.1, 0.15) is 52.2 Å². The number of hydrogen-bond donors (Lipinski definition) is 2. The van der Waals surface area contributed by atoms with E-state index in [4.69, 9.17) is 11.0 Å². The summed E-state index contributed by atoms with van der Waals surface area (Å²) in [5, 5.41) is 11.7. The number of nitrogens with one attached hydrogen (secondary N) is 1. The van der Waals surface area contributed by atoms with Crippen molar-refractivity contribution in [1.82, 2.24) is 9.55 Å². The van der Waals surface area contributed by atoms with E-state index in [-0.39, 0.29) is 42.4 Å². The summed E-state index contributed by atoms with van der Waals surface area (Å²) < 4.78 is 1.73. The third-order valence-electron chi connectivity index (χ3n) is 5.43. The van der Waals surface area contributed by atoms with Crippen molar-refractivity contribution in [3.05, 3.63) is 45.6 Å². The Kier molecular flexibility index (Phi) is 5.57. The summed E-state index contributed by atoms with van der Waals surface area (Å²) >= 11 is 1.09. The third kappa shape index (κ3) is 4.34. The summed E-state index contributed by atoms with van der Waals surface area (Å²) in [5.74, 6) is -0.381. The highest BCUT2D eigenvalue weighted by atomic mass is 32.1. The molecule has 1 atom stereocenters. The van der Waals surface area contributed by atoms with Gasteiger partial charge in [-0.1, -0.05) is 13.0 Å². The number of aryl methyl sites for hydroxylation is 1. The number of carbonyl (C=O) groups excluding carboxylic acids is 3. The molecule has 0 spiro atoms. The number of amides is 2. The normalized spacial score (nSPS) is 14.2. The van der Waals surface area contributed by atoms with Crippen molar-refractivity contribution in [2.75, 3.05) is 5.32 Å². The first-order valence-electron chi connectivity index (χ1n) is 10.0. The van der Waals surface area contributed by atoms with Gasteiger partial charge < -0.3 is 10.3 Å². The monoisotopic (exact) mass is 435 g/mol. The second-order valence-electron chi connectivity index (χ2n) is 7.68. The van der Waals surface area contributed by atoms with Crippen molar-refractivity contribution in [2.45, 2.75) is 38.6 Å². The molecule has 4 rings (SSSR count). The summed E-state index contributed by atoms with van der Waals surface area (Å²) in [5.41, 5.74) is 7.55. The maximum atomic E-state index is 12.7. The number of rotatable bonds is 8. The van der Waals surface area contributed by atoms with Crippen molar-refractivity contribution in [3.8, 4) is 6.07 Å². The van der Waals surface area contributed by atoms with Crippen LogP contribution in [0, 0.1) is 17.2 Å². The molecule has 0 radical (unpaired) electrons. The average molecular weight is 436 g/mol. The zero-order valence-corrected chi connectivity index (χ0v) is 17.7. The maximum absolute atomic E-state index is 12.7. The quantitative estimate of drug-likeness (QED) is 0.561. The second kappa shape index (κ2) is 8.32. The number of benzene rings is 1. The smallest absolute Gasteiger partial charge is 0.268 e. The van der Waals surface area contributed by atoms with E-state index in [2.05, 4.69) is 10.3 Å². The van der Waals surface area contributed by atoms with Gasteiger partial charge in [0.25, 0.3) is 5.91 Å². The van der Waals surface area contributed by atoms with E-state index in [1.807, 2.05) is 31.2 Å². The number of ketones is 1.